The summed E-state index contributed by atoms with van der Waals surface area (Å²) in [6, 6.07) is 14.0. The number of anilines is 3. The van der Waals surface area contributed by atoms with Gasteiger partial charge in [-0.1, -0.05) is 48.0 Å². The van der Waals surface area contributed by atoms with Crippen molar-refractivity contribution in [2.75, 3.05) is 36.2 Å². The third-order valence-electron chi connectivity index (χ3n) is 14.1. The van der Waals surface area contributed by atoms with Crippen molar-refractivity contribution in [3.8, 4) is 51.4 Å². The third-order valence-corrected chi connectivity index (χ3v) is 14.4. The molecule has 14 N–H and O–H groups in total. The number of benzene rings is 3. The van der Waals surface area contributed by atoms with E-state index in [2.05, 4.69) is 70.8 Å². The molecule has 12 heterocycles. The number of para-hydroxylation sites is 3. The van der Waals surface area contributed by atoms with Crippen molar-refractivity contribution in [3.05, 3.63) is 197 Å². The molecule has 12 aromatic rings. The van der Waals surface area contributed by atoms with Crippen molar-refractivity contribution >= 4 is 56.8 Å². The van der Waals surface area contributed by atoms with Crippen LogP contribution in [-0.4, -0.2) is 104 Å². The van der Waals surface area contributed by atoms with Gasteiger partial charge in [0.05, 0.1) is 127 Å². The van der Waals surface area contributed by atoms with Gasteiger partial charge in [0.25, 0.3) is 0 Å². The largest absolute Gasteiger partial charge is 0.630 e. The number of nitrogens with one attached hydrogen (secondary N) is 2. The SMILES string of the molecule is N[C@@H]1CCOc2c(F)cccc21.Nc1cnc(-c2cnn3ccncc23)nc1N[C@@H]1CCOc2c(F)cccc21.O.O.[O-][NH2+]c1cnc(-c2cnn3ccncc23)nc1Cl.[O-][NH2+]c1cnc(-c2cnn3ccncc23)nc1N[C@@H]1CCOc2c(F)cccc21. The summed E-state index contributed by atoms with van der Waals surface area (Å²) in [5.41, 5.74) is 20.8. The monoisotopic (exact) mass is 1240 g/mol. The molecule has 0 bridgehead atoms. The minimum absolute atomic E-state index is 0. The lowest BCUT2D eigenvalue weighted by Crippen LogP contribution is -2.70. The molecule has 0 fully saturated rings. The second-order valence-corrected chi connectivity index (χ2v) is 19.8. The van der Waals surface area contributed by atoms with E-state index in [1.165, 1.54) is 30.6 Å². The summed E-state index contributed by atoms with van der Waals surface area (Å²) in [7, 11) is 0. The van der Waals surface area contributed by atoms with E-state index in [1.807, 2.05) is 12.1 Å². The van der Waals surface area contributed by atoms with Crippen LogP contribution in [0.15, 0.2) is 148 Å². The average molecular weight is 1240 g/mol. The molecular formula is C57H53ClF3N21O7. The van der Waals surface area contributed by atoms with Gasteiger partial charge in [-0.3, -0.25) is 15.0 Å². The fourth-order valence-corrected chi connectivity index (χ4v) is 9.95. The van der Waals surface area contributed by atoms with E-state index in [0.29, 0.717) is 107 Å². The van der Waals surface area contributed by atoms with Gasteiger partial charge in [-0.25, -0.2) is 56.6 Å². The lowest BCUT2D eigenvalue weighted by Gasteiger charge is -2.27. The molecule has 3 aliphatic heterocycles. The maximum absolute atomic E-state index is 14.1. The van der Waals surface area contributed by atoms with Crippen LogP contribution >= 0.6 is 11.6 Å². The van der Waals surface area contributed by atoms with Gasteiger partial charge in [0, 0.05) is 79.2 Å². The zero-order valence-corrected chi connectivity index (χ0v) is 47.2. The first-order valence-electron chi connectivity index (χ1n) is 26.8. The highest BCUT2D eigenvalue weighted by atomic mass is 35.5. The van der Waals surface area contributed by atoms with Crippen molar-refractivity contribution in [1.82, 2.24) is 73.7 Å². The average Bonchev–Trinajstić information content (AvgIpc) is 2.57. The van der Waals surface area contributed by atoms with Crippen molar-refractivity contribution in [2.45, 2.75) is 37.4 Å². The molecule has 0 saturated heterocycles. The number of fused-ring (bicyclic) bond motifs is 6. The van der Waals surface area contributed by atoms with Gasteiger partial charge >= 0.3 is 0 Å². The molecule has 89 heavy (non-hydrogen) atoms. The highest BCUT2D eigenvalue weighted by Crippen LogP contribution is 2.39. The van der Waals surface area contributed by atoms with E-state index in [-0.39, 0.29) is 63.1 Å². The topological polar surface area (TPSA) is 414 Å². The Morgan fingerprint density at radius 3 is 1.38 bits per heavy atom. The number of ether oxygens (including phenoxy) is 3. The molecule has 32 heteroatoms. The first kappa shape index (κ1) is 61.4. The van der Waals surface area contributed by atoms with E-state index in [4.69, 9.17) is 37.3 Å². The minimum atomic E-state index is -0.410. The van der Waals surface area contributed by atoms with E-state index in [1.54, 1.807) is 118 Å². The zero-order chi connectivity index (χ0) is 60.0. The van der Waals surface area contributed by atoms with Crippen LogP contribution in [0.4, 0.5) is 41.9 Å². The number of nitrogens with two attached hydrogens (primary N) is 4. The molecule has 0 saturated carbocycles. The van der Waals surface area contributed by atoms with Crippen LogP contribution < -0.4 is 47.3 Å². The van der Waals surface area contributed by atoms with Gasteiger partial charge in [-0.15, -0.1) is 0 Å². The van der Waals surface area contributed by atoms with E-state index < -0.39 is 5.82 Å². The molecule has 9 aromatic heterocycles. The molecule has 15 rings (SSSR count). The molecule has 0 aliphatic carbocycles. The van der Waals surface area contributed by atoms with Crippen LogP contribution in [-0.2, 0) is 0 Å². The number of nitrogens with zero attached hydrogens (tertiary/aromatic N) is 15. The van der Waals surface area contributed by atoms with Crippen LogP contribution in [0.1, 0.15) is 54.1 Å². The highest BCUT2D eigenvalue weighted by Gasteiger charge is 2.28. The summed E-state index contributed by atoms with van der Waals surface area (Å²) >= 11 is 5.87. The Morgan fingerprint density at radius 1 is 0.517 bits per heavy atom. The molecule has 0 unspecified atom stereocenters. The number of quaternary nitrogens is 2. The first-order valence-corrected chi connectivity index (χ1v) is 27.2. The summed E-state index contributed by atoms with van der Waals surface area (Å²) in [5, 5.41) is 41.6. The molecule has 28 nitrogen and oxygen atoms in total. The number of rotatable bonds is 9. The predicted molar refractivity (Wildman–Crippen MR) is 318 cm³/mol. The van der Waals surface area contributed by atoms with Gasteiger partial charge in [0.15, 0.2) is 80.3 Å². The zero-order valence-electron chi connectivity index (χ0n) is 46.4. The molecule has 3 atom stereocenters. The Balaban J connectivity index is 0.000000136. The number of nitrogen functional groups attached to an aromatic ring is 1. The second kappa shape index (κ2) is 27.4. The number of hydrogen-bond acceptors (Lipinski definition) is 21. The van der Waals surface area contributed by atoms with Crippen molar-refractivity contribution in [2.24, 2.45) is 5.73 Å². The normalized spacial score (nSPS) is 15.2. The highest BCUT2D eigenvalue weighted by molar-refractivity contribution is 6.31. The van der Waals surface area contributed by atoms with E-state index in [9.17, 15) is 23.6 Å². The van der Waals surface area contributed by atoms with E-state index >= 15 is 0 Å². The lowest BCUT2D eigenvalue weighted by atomic mass is 10.0. The van der Waals surface area contributed by atoms with Crippen LogP contribution in [0.5, 0.6) is 17.2 Å². The standard InChI is InChI=1S/C19H16FN7O2.C19H16FN7O.C10H7ClN6O.C9H10FNO.2H2O/c20-13-3-1-2-11-14(4-7-29-17(11)13)24-19-15(26-28)9-22-18(25-19)12-8-23-27-6-5-21-10-16(12)27;20-13-3-1-2-11-15(4-7-28-17(11)13)25-19-14(21)9-23-18(26-19)12-8-24-27-6-5-22-10-16(12)27;11-9-7(16-18)4-13-10(15-9)6-3-14-17-2-1-12-5-8(6)17;10-7-3-1-2-6-8(11)4-5-12-9(6)7;;/h1-3,5-6,8-10,14H,4,7,26H2,(H,22,24,25);1-3,5-6,8-10,15H,4,7,21H2,(H,23,25,26);1-5H,16H2;1-3,8H,4-5,11H2;2*1H2/t14-;15-;;8-;;/m11.1../s1. The number of halogens is 4. The smallest absolute Gasteiger partial charge is 0.194 e. The van der Waals surface area contributed by atoms with E-state index in [0.717, 1.165) is 39.7 Å². The summed E-state index contributed by atoms with van der Waals surface area (Å²) in [6.45, 7) is 1.28. The molecule has 0 spiro atoms. The van der Waals surface area contributed by atoms with Crippen LogP contribution in [0.2, 0.25) is 5.15 Å². The maximum Gasteiger partial charge on any atom is 0.194 e. The van der Waals surface area contributed by atoms with Gasteiger partial charge in [-0.05, 0) is 18.2 Å². The van der Waals surface area contributed by atoms with Crippen LogP contribution in [0.25, 0.3) is 50.7 Å². The van der Waals surface area contributed by atoms with Crippen LogP contribution in [0, 0.1) is 27.9 Å². The first-order chi connectivity index (χ1) is 42.5. The number of hydrogen-bond donors (Lipinski definition) is 6. The van der Waals surface area contributed by atoms with Crippen LogP contribution in [0.3, 0.4) is 0 Å². The van der Waals surface area contributed by atoms with Crippen molar-refractivity contribution in [1.29, 1.82) is 0 Å². The Morgan fingerprint density at radius 2 is 0.921 bits per heavy atom. The Hall–Kier alpha value is -10.6. The Kier molecular flexibility index (Phi) is 18.9. The van der Waals surface area contributed by atoms with Crippen molar-refractivity contribution in [3.63, 3.8) is 0 Å². The van der Waals surface area contributed by atoms with Gasteiger partial charge in [0.2, 0.25) is 0 Å². The quantitative estimate of drug-likeness (QED) is 0.0789. The fraction of sp³-hybridized carbons (Fsp3) is 0.158. The summed E-state index contributed by atoms with van der Waals surface area (Å²) in [6.07, 6.45) is 26.5. The van der Waals surface area contributed by atoms with Gasteiger partial charge < -0.3 is 68.6 Å². The summed E-state index contributed by atoms with van der Waals surface area (Å²) in [5.74, 6) is 1.88. The second-order valence-electron chi connectivity index (χ2n) is 19.4. The number of aromatic nitrogens is 15. The Bertz CT molecular complexity index is 4450. The van der Waals surface area contributed by atoms with Crippen molar-refractivity contribution < 1.29 is 49.3 Å². The molecule has 0 radical (unpaired) electrons. The molecule has 3 aliphatic rings. The molecular weight excluding hydrogens is 1180 g/mol. The summed E-state index contributed by atoms with van der Waals surface area (Å²) in [4.78, 5) is 38.2. The maximum atomic E-state index is 14.1. The van der Waals surface area contributed by atoms with Gasteiger partial charge in [-0.2, -0.15) is 15.3 Å². The molecule has 3 aromatic carbocycles. The summed E-state index contributed by atoms with van der Waals surface area (Å²) < 4.78 is 62.3. The fourth-order valence-electron chi connectivity index (χ4n) is 9.77. The molecule has 0 amide bonds. The third kappa shape index (κ3) is 12.9. The molecule has 456 valence electrons. The minimum Gasteiger partial charge on any atom is -0.630 e. The van der Waals surface area contributed by atoms with Gasteiger partial charge in [0.1, 0.15) is 0 Å². The predicted octanol–water partition coefficient (Wildman–Crippen LogP) is 5.29. The lowest BCUT2D eigenvalue weighted by molar-refractivity contribution is -0.497. The Labute approximate surface area is 506 Å².